The summed E-state index contributed by atoms with van der Waals surface area (Å²) in [5, 5.41) is 0. The van der Waals surface area contributed by atoms with Crippen molar-refractivity contribution in [1.82, 2.24) is 4.90 Å². The summed E-state index contributed by atoms with van der Waals surface area (Å²) in [4.78, 5) is 2.63. The van der Waals surface area contributed by atoms with Crippen molar-refractivity contribution in [2.75, 3.05) is 31.0 Å². The minimum absolute atomic E-state index is 0.808. The molecule has 0 aromatic rings. The molecule has 0 saturated heterocycles. The summed E-state index contributed by atoms with van der Waals surface area (Å²) in [6, 6.07) is 0.885. The van der Waals surface area contributed by atoms with E-state index in [4.69, 9.17) is 11.6 Å². The summed E-state index contributed by atoms with van der Waals surface area (Å²) in [6.45, 7) is 2.46. The smallest absolute Gasteiger partial charge is 0.0235 e. The van der Waals surface area contributed by atoms with Crippen LogP contribution in [0.1, 0.15) is 25.7 Å². The molecule has 1 nitrogen and oxygen atoms in total. The van der Waals surface area contributed by atoms with Crippen LogP contribution in [0.4, 0.5) is 0 Å². The third kappa shape index (κ3) is 4.09. The predicted octanol–water partition coefficient (Wildman–Crippen LogP) is 2.83. The zero-order valence-electron chi connectivity index (χ0n) is 8.47. The summed E-state index contributed by atoms with van der Waals surface area (Å²) < 4.78 is 0. The van der Waals surface area contributed by atoms with Gasteiger partial charge in [0.2, 0.25) is 0 Å². The summed E-state index contributed by atoms with van der Waals surface area (Å²) in [5.74, 6) is 2.07. The van der Waals surface area contributed by atoms with Gasteiger partial charge in [-0.3, -0.25) is 4.90 Å². The van der Waals surface area contributed by atoms with Crippen LogP contribution >= 0.6 is 23.4 Å². The van der Waals surface area contributed by atoms with Crippen molar-refractivity contribution in [1.29, 1.82) is 0 Å². The molecule has 0 heterocycles. The van der Waals surface area contributed by atoms with Gasteiger partial charge in [0.05, 0.1) is 0 Å². The highest BCUT2D eigenvalue weighted by Crippen LogP contribution is 2.24. The lowest BCUT2D eigenvalue weighted by Crippen LogP contribution is -2.42. The normalized spacial score (nSPS) is 17.8. The first-order chi connectivity index (χ1) is 6.38. The molecule has 0 N–H and O–H groups in total. The van der Waals surface area contributed by atoms with Crippen molar-refractivity contribution >= 4 is 23.4 Å². The maximum absolute atomic E-state index is 5.71. The highest BCUT2D eigenvalue weighted by atomic mass is 35.5. The summed E-state index contributed by atoms with van der Waals surface area (Å²) in [7, 11) is 0. The van der Waals surface area contributed by atoms with E-state index in [1.54, 1.807) is 0 Å². The first-order valence-electron chi connectivity index (χ1n) is 5.17. The second-order valence-corrected chi connectivity index (χ2v) is 5.02. The first kappa shape index (κ1) is 11.7. The van der Waals surface area contributed by atoms with Crippen molar-refractivity contribution in [2.45, 2.75) is 31.7 Å². The van der Waals surface area contributed by atoms with Crippen LogP contribution in [0.25, 0.3) is 0 Å². The molecule has 1 aliphatic carbocycles. The molecule has 13 heavy (non-hydrogen) atoms. The molecule has 0 atom stereocenters. The molecule has 0 unspecified atom stereocenters. The average molecular weight is 222 g/mol. The largest absolute Gasteiger partial charge is 0.300 e. The van der Waals surface area contributed by atoms with Crippen LogP contribution in [-0.4, -0.2) is 41.9 Å². The van der Waals surface area contributed by atoms with Crippen molar-refractivity contribution in [3.05, 3.63) is 0 Å². The van der Waals surface area contributed by atoms with Crippen LogP contribution in [-0.2, 0) is 0 Å². The van der Waals surface area contributed by atoms with Gasteiger partial charge in [0.1, 0.15) is 0 Å². The Morgan fingerprint density at radius 3 is 2.62 bits per heavy atom. The molecule has 1 fully saturated rings. The minimum Gasteiger partial charge on any atom is -0.300 e. The van der Waals surface area contributed by atoms with Gasteiger partial charge >= 0.3 is 0 Å². The van der Waals surface area contributed by atoms with E-state index in [2.05, 4.69) is 11.2 Å². The molecule has 0 bridgehead atoms. The first-order valence-corrected chi connectivity index (χ1v) is 7.10. The van der Waals surface area contributed by atoms with Crippen molar-refractivity contribution in [2.24, 2.45) is 0 Å². The van der Waals surface area contributed by atoms with Crippen LogP contribution < -0.4 is 0 Å². The van der Waals surface area contributed by atoms with E-state index in [0.717, 1.165) is 18.3 Å². The molecule has 1 aliphatic rings. The Hall–Kier alpha value is 0.600. The van der Waals surface area contributed by atoms with E-state index in [9.17, 15) is 0 Å². The second kappa shape index (κ2) is 6.97. The fourth-order valence-electron chi connectivity index (χ4n) is 1.70. The Labute approximate surface area is 91.2 Å². The number of hydrogen-bond donors (Lipinski definition) is 0. The molecule has 1 rings (SSSR count). The van der Waals surface area contributed by atoms with Crippen LogP contribution in [0.3, 0.4) is 0 Å². The van der Waals surface area contributed by atoms with Crippen LogP contribution in [0.5, 0.6) is 0 Å². The molecule has 0 radical (unpaired) electrons. The summed E-state index contributed by atoms with van der Waals surface area (Å²) in [5.41, 5.74) is 0. The van der Waals surface area contributed by atoms with Crippen molar-refractivity contribution in [3.8, 4) is 0 Å². The summed E-state index contributed by atoms with van der Waals surface area (Å²) >= 11 is 7.65. The molecule has 0 amide bonds. The van der Waals surface area contributed by atoms with Gasteiger partial charge in [0, 0.05) is 24.2 Å². The van der Waals surface area contributed by atoms with E-state index in [0.29, 0.717) is 0 Å². The zero-order valence-corrected chi connectivity index (χ0v) is 10.0. The molecular weight excluding hydrogens is 202 g/mol. The van der Waals surface area contributed by atoms with E-state index in [1.165, 1.54) is 38.1 Å². The third-order valence-electron chi connectivity index (χ3n) is 2.75. The minimum atomic E-state index is 0.808. The standard InChI is InChI=1S/C10H20ClNS/c1-13-9-8-12(7-3-6-11)10-4-2-5-10/h10H,2-9H2,1H3. The molecule has 0 aromatic carbocycles. The number of halogens is 1. The lowest BCUT2D eigenvalue weighted by molar-refractivity contribution is 0.136. The number of thioether (sulfide) groups is 1. The monoisotopic (exact) mass is 221 g/mol. The van der Waals surface area contributed by atoms with E-state index in [-0.39, 0.29) is 0 Å². The molecule has 1 saturated carbocycles. The second-order valence-electron chi connectivity index (χ2n) is 3.66. The maximum Gasteiger partial charge on any atom is 0.0235 e. The fourth-order valence-corrected chi connectivity index (χ4v) is 2.24. The number of rotatable bonds is 7. The van der Waals surface area contributed by atoms with E-state index in [1.807, 2.05) is 11.8 Å². The van der Waals surface area contributed by atoms with Gasteiger partial charge in [-0.2, -0.15) is 11.8 Å². The molecule has 3 heteroatoms. The third-order valence-corrected chi connectivity index (χ3v) is 3.61. The lowest BCUT2D eigenvalue weighted by Gasteiger charge is -2.37. The van der Waals surface area contributed by atoms with Crippen LogP contribution in [0.2, 0.25) is 0 Å². The van der Waals surface area contributed by atoms with Crippen LogP contribution in [0, 0.1) is 0 Å². The lowest BCUT2D eigenvalue weighted by atomic mass is 9.91. The molecular formula is C10H20ClNS. The number of alkyl halides is 1. The number of hydrogen-bond acceptors (Lipinski definition) is 2. The van der Waals surface area contributed by atoms with E-state index >= 15 is 0 Å². The topological polar surface area (TPSA) is 3.24 Å². The Kier molecular flexibility index (Phi) is 6.26. The van der Waals surface area contributed by atoms with E-state index < -0.39 is 0 Å². The van der Waals surface area contributed by atoms with Crippen molar-refractivity contribution in [3.63, 3.8) is 0 Å². The van der Waals surface area contributed by atoms with Gasteiger partial charge in [-0.25, -0.2) is 0 Å². The van der Waals surface area contributed by atoms with Crippen LogP contribution in [0.15, 0.2) is 0 Å². The number of nitrogens with zero attached hydrogens (tertiary/aromatic N) is 1. The summed E-state index contributed by atoms with van der Waals surface area (Å²) in [6.07, 6.45) is 7.58. The Balaban J connectivity index is 2.16. The Morgan fingerprint density at radius 2 is 2.15 bits per heavy atom. The molecule has 0 aliphatic heterocycles. The maximum atomic E-state index is 5.71. The van der Waals surface area contributed by atoms with Crippen molar-refractivity contribution < 1.29 is 0 Å². The Morgan fingerprint density at radius 1 is 1.38 bits per heavy atom. The Bertz CT molecular complexity index is 120. The molecule has 0 aromatic heterocycles. The van der Waals surface area contributed by atoms with Gasteiger partial charge in [0.25, 0.3) is 0 Å². The van der Waals surface area contributed by atoms with Gasteiger partial charge in [-0.1, -0.05) is 6.42 Å². The predicted molar refractivity (Wildman–Crippen MR) is 62.9 cm³/mol. The molecule has 0 spiro atoms. The quantitative estimate of drug-likeness (QED) is 0.609. The SMILES string of the molecule is CSCCN(CCCCl)C1CCC1. The fraction of sp³-hybridized carbons (Fsp3) is 1.00. The van der Waals surface area contributed by atoms with Gasteiger partial charge in [-0.05, 0) is 32.1 Å². The van der Waals surface area contributed by atoms with Gasteiger partial charge in [0.15, 0.2) is 0 Å². The molecule has 78 valence electrons. The highest BCUT2D eigenvalue weighted by Gasteiger charge is 2.23. The average Bonchev–Trinajstić information content (AvgIpc) is 2.06. The van der Waals surface area contributed by atoms with Gasteiger partial charge in [-0.15, -0.1) is 11.6 Å². The highest BCUT2D eigenvalue weighted by molar-refractivity contribution is 7.98. The van der Waals surface area contributed by atoms with Gasteiger partial charge < -0.3 is 0 Å². The zero-order chi connectivity index (χ0) is 9.52.